The lowest BCUT2D eigenvalue weighted by atomic mass is 9.69. The molecule has 2 fully saturated rings. The third-order valence-electron chi connectivity index (χ3n) is 5.62. The van der Waals surface area contributed by atoms with Crippen molar-refractivity contribution in [1.29, 1.82) is 0 Å². The third kappa shape index (κ3) is 3.48. The minimum absolute atomic E-state index is 0.123. The molecule has 0 radical (unpaired) electrons. The van der Waals surface area contributed by atoms with E-state index in [1.165, 1.54) is 37.7 Å². The first kappa shape index (κ1) is 16.6. The van der Waals surface area contributed by atoms with E-state index in [0.29, 0.717) is 6.54 Å². The summed E-state index contributed by atoms with van der Waals surface area (Å²) >= 11 is 0. The van der Waals surface area contributed by atoms with Gasteiger partial charge in [0.2, 0.25) is 0 Å². The molecule has 128 valence electrons. The second-order valence-electron chi connectivity index (χ2n) is 7.20. The molecule has 0 spiro atoms. The van der Waals surface area contributed by atoms with E-state index >= 15 is 0 Å². The summed E-state index contributed by atoms with van der Waals surface area (Å²) in [7, 11) is 3.86. The highest BCUT2D eigenvalue weighted by atomic mass is 16.5. The molecule has 1 unspecified atom stereocenters. The van der Waals surface area contributed by atoms with Crippen molar-refractivity contribution in [1.82, 2.24) is 4.90 Å². The molecule has 1 atom stereocenters. The molecule has 0 aromatic heterocycles. The predicted octanol–water partition coefficient (Wildman–Crippen LogP) is 2.94. The van der Waals surface area contributed by atoms with Gasteiger partial charge in [0.15, 0.2) is 11.5 Å². The van der Waals surface area contributed by atoms with E-state index in [-0.39, 0.29) is 11.5 Å². The zero-order valence-corrected chi connectivity index (χ0v) is 14.5. The maximum Gasteiger partial charge on any atom is 0.161 e. The van der Waals surface area contributed by atoms with Gasteiger partial charge >= 0.3 is 0 Å². The van der Waals surface area contributed by atoms with Gasteiger partial charge in [0.25, 0.3) is 0 Å². The maximum atomic E-state index is 6.18. The van der Waals surface area contributed by atoms with Crippen molar-refractivity contribution in [2.75, 3.05) is 33.8 Å². The van der Waals surface area contributed by atoms with Gasteiger partial charge in [-0.2, -0.15) is 0 Å². The van der Waals surface area contributed by atoms with E-state index in [1.807, 2.05) is 0 Å². The van der Waals surface area contributed by atoms with Crippen LogP contribution in [0.5, 0.6) is 11.5 Å². The van der Waals surface area contributed by atoms with Gasteiger partial charge in [0.05, 0.1) is 7.11 Å². The number of hydrogen-bond acceptors (Lipinski definition) is 4. The normalized spacial score (nSPS) is 24.6. The Labute approximate surface area is 139 Å². The van der Waals surface area contributed by atoms with E-state index in [0.717, 1.165) is 31.0 Å². The van der Waals surface area contributed by atoms with Crippen LogP contribution in [0.2, 0.25) is 0 Å². The van der Waals surface area contributed by atoms with Crippen molar-refractivity contribution in [3.8, 4) is 11.5 Å². The summed E-state index contributed by atoms with van der Waals surface area (Å²) in [6, 6.07) is 6.44. The molecular formula is C19H30N2O2. The van der Waals surface area contributed by atoms with E-state index in [1.54, 1.807) is 7.11 Å². The second kappa shape index (κ2) is 7.10. The fourth-order valence-corrected chi connectivity index (χ4v) is 4.10. The average molecular weight is 318 g/mol. The Hall–Kier alpha value is -1.26. The molecule has 3 rings (SSSR count). The first-order valence-electron chi connectivity index (χ1n) is 8.91. The molecule has 4 heteroatoms. The summed E-state index contributed by atoms with van der Waals surface area (Å²) in [5, 5.41) is 0. The van der Waals surface area contributed by atoms with Crippen molar-refractivity contribution >= 4 is 0 Å². The third-order valence-corrected chi connectivity index (χ3v) is 5.62. The van der Waals surface area contributed by atoms with Crippen molar-refractivity contribution in [3.63, 3.8) is 0 Å². The van der Waals surface area contributed by atoms with Crippen LogP contribution in [-0.2, 0) is 5.41 Å². The highest BCUT2D eigenvalue weighted by Crippen LogP contribution is 2.42. The predicted molar refractivity (Wildman–Crippen MR) is 93.3 cm³/mol. The molecule has 1 aromatic rings. The van der Waals surface area contributed by atoms with Gasteiger partial charge < -0.3 is 20.1 Å². The van der Waals surface area contributed by atoms with Crippen molar-refractivity contribution in [2.45, 2.75) is 50.0 Å². The highest BCUT2D eigenvalue weighted by Gasteiger charge is 2.33. The molecule has 2 aliphatic rings. The summed E-state index contributed by atoms with van der Waals surface area (Å²) in [4.78, 5) is 2.30. The molecule has 23 heavy (non-hydrogen) atoms. The van der Waals surface area contributed by atoms with Crippen LogP contribution in [0.4, 0.5) is 0 Å². The van der Waals surface area contributed by atoms with Crippen LogP contribution in [0.15, 0.2) is 18.2 Å². The van der Waals surface area contributed by atoms with Crippen LogP contribution in [-0.4, -0.2) is 44.8 Å². The quantitative estimate of drug-likeness (QED) is 0.907. The van der Waals surface area contributed by atoms with Gasteiger partial charge in [0, 0.05) is 25.0 Å². The number of likely N-dealkylation sites (N-methyl/N-ethyl adjacent to an activating group) is 1. The monoisotopic (exact) mass is 318 g/mol. The van der Waals surface area contributed by atoms with Gasteiger partial charge in [0.1, 0.15) is 6.10 Å². The number of nitrogens with two attached hydrogens (primary N) is 1. The Morgan fingerprint density at radius 2 is 2.00 bits per heavy atom. The Bertz CT molecular complexity index is 526. The number of methoxy groups -OCH3 is 1. The molecule has 1 saturated carbocycles. The standard InChI is InChI=1S/C19H30N2O2/c1-21-11-8-16(13-21)23-17-7-6-15(12-18(17)22-2)19(14-20)9-4-3-5-10-19/h6-7,12,16H,3-5,8-11,13-14,20H2,1-2H3. The maximum absolute atomic E-state index is 6.18. The Kier molecular flexibility index (Phi) is 5.12. The molecule has 0 bridgehead atoms. The van der Waals surface area contributed by atoms with Crippen molar-refractivity contribution in [3.05, 3.63) is 23.8 Å². The summed E-state index contributed by atoms with van der Waals surface area (Å²) in [6.07, 6.45) is 7.57. The zero-order valence-electron chi connectivity index (χ0n) is 14.5. The Morgan fingerprint density at radius 3 is 2.61 bits per heavy atom. The van der Waals surface area contributed by atoms with Gasteiger partial charge in [-0.3, -0.25) is 0 Å². The second-order valence-corrected chi connectivity index (χ2v) is 7.20. The molecule has 0 amide bonds. The zero-order chi connectivity index (χ0) is 16.3. The van der Waals surface area contributed by atoms with Crippen molar-refractivity contribution in [2.24, 2.45) is 5.73 Å². The van der Waals surface area contributed by atoms with Gasteiger partial charge in [-0.25, -0.2) is 0 Å². The van der Waals surface area contributed by atoms with Crippen LogP contribution in [0, 0.1) is 0 Å². The number of ether oxygens (including phenoxy) is 2. The summed E-state index contributed by atoms with van der Waals surface area (Å²) < 4.78 is 11.8. The molecule has 1 saturated heterocycles. The minimum Gasteiger partial charge on any atom is -0.493 e. The van der Waals surface area contributed by atoms with Crippen LogP contribution in [0.25, 0.3) is 0 Å². The summed E-state index contributed by atoms with van der Waals surface area (Å²) in [6.45, 7) is 2.79. The number of hydrogen-bond donors (Lipinski definition) is 1. The van der Waals surface area contributed by atoms with E-state index < -0.39 is 0 Å². The van der Waals surface area contributed by atoms with Crippen LogP contribution in [0.1, 0.15) is 44.1 Å². The van der Waals surface area contributed by atoms with Gasteiger partial charge in [-0.1, -0.05) is 25.3 Å². The topological polar surface area (TPSA) is 47.7 Å². The molecular weight excluding hydrogens is 288 g/mol. The van der Waals surface area contributed by atoms with E-state index in [4.69, 9.17) is 15.2 Å². The van der Waals surface area contributed by atoms with Crippen LogP contribution in [0.3, 0.4) is 0 Å². The highest BCUT2D eigenvalue weighted by molar-refractivity contribution is 5.45. The molecule has 1 heterocycles. The average Bonchev–Trinajstić information content (AvgIpc) is 3.00. The fourth-order valence-electron chi connectivity index (χ4n) is 4.10. The molecule has 1 aliphatic heterocycles. The lowest BCUT2D eigenvalue weighted by Gasteiger charge is -2.37. The van der Waals surface area contributed by atoms with Crippen molar-refractivity contribution < 1.29 is 9.47 Å². The summed E-state index contributed by atoms with van der Waals surface area (Å²) in [5.74, 6) is 1.70. The molecule has 2 N–H and O–H groups in total. The van der Waals surface area contributed by atoms with E-state index in [9.17, 15) is 0 Å². The largest absolute Gasteiger partial charge is 0.493 e. The number of nitrogens with zero attached hydrogens (tertiary/aromatic N) is 1. The minimum atomic E-state index is 0.123. The SMILES string of the molecule is COc1cc(C2(CN)CCCCC2)ccc1OC1CCN(C)C1. The lowest BCUT2D eigenvalue weighted by molar-refractivity contribution is 0.199. The van der Waals surface area contributed by atoms with Gasteiger partial charge in [-0.15, -0.1) is 0 Å². The molecule has 1 aliphatic carbocycles. The number of benzene rings is 1. The van der Waals surface area contributed by atoms with Gasteiger partial charge in [-0.05, 0) is 44.0 Å². The molecule has 4 nitrogen and oxygen atoms in total. The first-order chi connectivity index (χ1) is 11.2. The first-order valence-corrected chi connectivity index (χ1v) is 8.91. The lowest BCUT2D eigenvalue weighted by Crippen LogP contribution is -2.37. The van der Waals surface area contributed by atoms with Crippen LogP contribution >= 0.6 is 0 Å². The number of rotatable bonds is 5. The van der Waals surface area contributed by atoms with E-state index in [2.05, 4.69) is 30.1 Å². The Balaban J connectivity index is 1.81. The smallest absolute Gasteiger partial charge is 0.161 e. The number of likely N-dealkylation sites (tertiary alicyclic amines) is 1. The molecule has 1 aromatic carbocycles. The summed E-state index contributed by atoms with van der Waals surface area (Å²) in [5.41, 5.74) is 7.60. The van der Waals surface area contributed by atoms with Crippen LogP contribution < -0.4 is 15.2 Å². The fraction of sp³-hybridized carbons (Fsp3) is 0.684. The Morgan fingerprint density at radius 1 is 1.22 bits per heavy atom.